The minimum absolute atomic E-state index is 0.0682. The topological polar surface area (TPSA) is 46.3 Å². The van der Waals surface area contributed by atoms with Crippen molar-refractivity contribution in [2.24, 2.45) is 5.73 Å². The Balaban J connectivity index is 3.99. The second-order valence-electron chi connectivity index (χ2n) is 3.11. The van der Waals surface area contributed by atoms with Crippen molar-refractivity contribution in [1.29, 1.82) is 0 Å². The maximum absolute atomic E-state index is 11.4. The molecule has 0 spiro atoms. The Labute approximate surface area is 74.9 Å². The van der Waals surface area contributed by atoms with Gasteiger partial charge in [0.15, 0.2) is 0 Å². The van der Waals surface area contributed by atoms with Crippen LogP contribution in [0.2, 0.25) is 0 Å². The molecule has 0 aromatic carbocycles. The lowest BCUT2D eigenvalue weighted by Crippen LogP contribution is -2.42. The van der Waals surface area contributed by atoms with E-state index in [2.05, 4.69) is 13.8 Å². The Morgan fingerprint density at radius 2 is 1.75 bits per heavy atom. The lowest BCUT2D eigenvalue weighted by atomic mass is 10.2. The summed E-state index contributed by atoms with van der Waals surface area (Å²) in [7, 11) is 0. The third kappa shape index (κ3) is 3.72. The number of carbonyl (C=O) groups is 1. The predicted octanol–water partition coefficient (Wildman–Crippen LogP) is 0.982. The zero-order valence-corrected chi connectivity index (χ0v) is 8.34. The zero-order chi connectivity index (χ0) is 9.56. The van der Waals surface area contributed by atoms with Gasteiger partial charge in [-0.1, -0.05) is 13.8 Å². The van der Waals surface area contributed by atoms with Gasteiger partial charge in [0.25, 0.3) is 0 Å². The fourth-order valence-corrected chi connectivity index (χ4v) is 1.16. The molecule has 0 aromatic heterocycles. The molecule has 0 aliphatic rings. The fourth-order valence-electron chi connectivity index (χ4n) is 1.16. The van der Waals surface area contributed by atoms with Crippen molar-refractivity contribution in [2.75, 3.05) is 13.1 Å². The van der Waals surface area contributed by atoms with Gasteiger partial charge in [-0.25, -0.2) is 0 Å². The van der Waals surface area contributed by atoms with Gasteiger partial charge in [-0.15, -0.1) is 0 Å². The molecule has 0 aliphatic carbocycles. The summed E-state index contributed by atoms with van der Waals surface area (Å²) >= 11 is 0. The Kier molecular flexibility index (Phi) is 5.72. The molecule has 1 amide bonds. The smallest absolute Gasteiger partial charge is 0.239 e. The van der Waals surface area contributed by atoms with Crippen molar-refractivity contribution in [2.45, 2.75) is 39.7 Å². The highest BCUT2D eigenvalue weighted by Gasteiger charge is 2.14. The highest BCUT2D eigenvalue weighted by molar-refractivity contribution is 5.81. The van der Waals surface area contributed by atoms with E-state index in [9.17, 15) is 4.79 Å². The van der Waals surface area contributed by atoms with Crippen LogP contribution >= 0.6 is 0 Å². The molecule has 0 aromatic rings. The van der Waals surface area contributed by atoms with Gasteiger partial charge in [-0.3, -0.25) is 4.79 Å². The normalized spacial score (nSPS) is 12.7. The van der Waals surface area contributed by atoms with Crippen molar-refractivity contribution in [3.8, 4) is 0 Å². The molecule has 0 saturated carbocycles. The molecular formula is C9H20N2O. The average molecular weight is 172 g/mol. The number of hydrogen-bond acceptors (Lipinski definition) is 2. The fraction of sp³-hybridized carbons (Fsp3) is 0.889. The lowest BCUT2D eigenvalue weighted by Gasteiger charge is -2.23. The maximum Gasteiger partial charge on any atom is 0.239 e. The Morgan fingerprint density at radius 1 is 1.33 bits per heavy atom. The molecule has 1 atom stereocenters. The molecule has 1 unspecified atom stereocenters. The van der Waals surface area contributed by atoms with E-state index in [0.29, 0.717) is 0 Å². The second kappa shape index (κ2) is 6.00. The Bertz CT molecular complexity index is 128. The zero-order valence-electron chi connectivity index (χ0n) is 8.34. The summed E-state index contributed by atoms with van der Waals surface area (Å²) in [6, 6.07) is -0.358. The molecule has 0 fully saturated rings. The number of hydrogen-bond donors (Lipinski definition) is 1. The highest BCUT2D eigenvalue weighted by Crippen LogP contribution is 1.97. The average Bonchev–Trinajstić information content (AvgIpc) is 2.03. The first-order chi connectivity index (χ1) is 5.63. The van der Waals surface area contributed by atoms with Gasteiger partial charge in [0.05, 0.1) is 6.04 Å². The molecule has 0 bridgehead atoms. The van der Waals surface area contributed by atoms with Crippen LogP contribution in [-0.2, 0) is 4.79 Å². The summed E-state index contributed by atoms with van der Waals surface area (Å²) in [4.78, 5) is 13.3. The van der Waals surface area contributed by atoms with E-state index in [-0.39, 0.29) is 11.9 Å². The van der Waals surface area contributed by atoms with E-state index in [1.165, 1.54) is 0 Å². The van der Waals surface area contributed by atoms with Crippen LogP contribution in [0.15, 0.2) is 0 Å². The van der Waals surface area contributed by atoms with Crippen LogP contribution in [-0.4, -0.2) is 29.9 Å². The first-order valence-electron chi connectivity index (χ1n) is 4.67. The van der Waals surface area contributed by atoms with Gasteiger partial charge in [0.2, 0.25) is 5.91 Å². The van der Waals surface area contributed by atoms with Crippen molar-refractivity contribution < 1.29 is 4.79 Å². The summed E-state index contributed by atoms with van der Waals surface area (Å²) in [5.74, 6) is 0.0682. The molecule has 0 saturated heterocycles. The number of rotatable bonds is 5. The number of nitrogens with two attached hydrogens (primary N) is 1. The van der Waals surface area contributed by atoms with Crippen molar-refractivity contribution in [3.05, 3.63) is 0 Å². The van der Waals surface area contributed by atoms with Crippen LogP contribution < -0.4 is 5.73 Å². The summed E-state index contributed by atoms with van der Waals surface area (Å²) in [5.41, 5.74) is 5.51. The first kappa shape index (κ1) is 11.4. The van der Waals surface area contributed by atoms with E-state index in [1.807, 2.05) is 4.90 Å². The highest BCUT2D eigenvalue weighted by atomic mass is 16.2. The first-order valence-corrected chi connectivity index (χ1v) is 4.67. The number of amides is 1. The standard InChI is InChI=1S/C9H20N2O/c1-4-6-11(7-5-2)9(12)8(3)10/h8H,4-7,10H2,1-3H3. The van der Waals surface area contributed by atoms with E-state index >= 15 is 0 Å². The maximum atomic E-state index is 11.4. The van der Waals surface area contributed by atoms with Gasteiger partial charge in [0, 0.05) is 13.1 Å². The molecule has 0 heterocycles. The van der Waals surface area contributed by atoms with Crippen LogP contribution in [0.4, 0.5) is 0 Å². The predicted molar refractivity (Wildman–Crippen MR) is 50.8 cm³/mol. The largest absolute Gasteiger partial charge is 0.341 e. The molecule has 72 valence electrons. The molecule has 2 N–H and O–H groups in total. The molecule has 3 heteroatoms. The second-order valence-corrected chi connectivity index (χ2v) is 3.11. The number of nitrogens with zero attached hydrogens (tertiary/aromatic N) is 1. The van der Waals surface area contributed by atoms with Crippen molar-refractivity contribution in [3.63, 3.8) is 0 Å². The molecule has 0 radical (unpaired) electrons. The lowest BCUT2D eigenvalue weighted by molar-refractivity contribution is -0.132. The summed E-state index contributed by atoms with van der Waals surface area (Å²) in [6.07, 6.45) is 2.00. The molecule has 0 aliphatic heterocycles. The molecule has 12 heavy (non-hydrogen) atoms. The van der Waals surface area contributed by atoms with Crippen molar-refractivity contribution >= 4 is 5.91 Å². The van der Waals surface area contributed by atoms with E-state index in [4.69, 9.17) is 5.73 Å². The minimum Gasteiger partial charge on any atom is -0.341 e. The van der Waals surface area contributed by atoms with E-state index in [0.717, 1.165) is 25.9 Å². The van der Waals surface area contributed by atoms with Gasteiger partial charge in [0.1, 0.15) is 0 Å². The molecular weight excluding hydrogens is 152 g/mol. The van der Waals surface area contributed by atoms with Crippen LogP contribution in [0.5, 0.6) is 0 Å². The monoisotopic (exact) mass is 172 g/mol. The third-order valence-corrected chi connectivity index (χ3v) is 1.69. The van der Waals surface area contributed by atoms with Gasteiger partial charge in [-0.05, 0) is 19.8 Å². The van der Waals surface area contributed by atoms with Gasteiger partial charge < -0.3 is 10.6 Å². The van der Waals surface area contributed by atoms with Crippen LogP contribution in [0.25, 0.3) is 0 Å². The quantitative estimate of drug-likeness (QED) is 0.672. The van der Waals surface area contributed by atoms with Crippen LogP contribution in [0.1, 0.15) is 33.6 Å². The minimum atomic E-state index is -0.358. The molecule has 0 rings (SSSR count). The van der Waals surface area contributed by atoms with Gasteiger partial charge >= 0.3 is 0 Å². The van der Waals surface area contributed by atoms with Crippen molar-refractivity contribution in [1.82, 2.24) is 4.90 Å². The third-order valence-electron chi connectivity index (χ3n) is 1.69. The van der Waals surface area contributed by atoms with E-state index < -0.39 is 0 Å². The Morgan fingerprint density at radius 3 is 2.00 bits per heavy atom. The SMILES string of the molecule is CCCN(CCC)C(=O)C(C)N. The summed E-state index contributed by atoms with van der Waals surface area (Å²) < 4.78 is 0. The number of carbonyl (C=O) groups excluding carboxylic acids is 1. The van der Waals surface area contributed by atoms with Crippen LogP contribution in [0, 0.1) is 0 Å². The van der Waals surface area contributed by atoms with E-state index in [1.54, 1.807) is 6.92 Å². The summed E-state index contributed by atoms with van der Waals surface area (Å²) in [6.45, 7) is 7.53. The van der Waals surface area contributed by atoms with Gasteiger partial charge in [-0.2, -0.15) is 0 Å². The summed E-state index contributed by atoms with van der Waals surface area (Å²) in [5, 5.41) is 0. The molecule has 3 nitrogen and oxygen atoms in total. The van der Waals surface area contributed by atoms with Crippen LogP contribution in [0.3, 0.4) is 0 Å². The Hall–Kier alpha value is -0.570.